The third-order valence-corrected chi connectivity index (χ3v) is 3.11. The lowest BCUT2D eigenvalue weighted by atomic mass is 10.1. The summed E-state index contributed by atoms with van der Waals surface area (Å²) < 4.78 is 0. The molecule has 0 saturated heterocycles. The number of anilines is 1. The minimum atomic E-state index is -0.174. The van der Waals surface area contributed by atoms with Crippen molar-refractivity contribution in [2.45, 2.75) is 13.8 Å². The van der Waals surface area contributed by atoms with Gasteiger partial charge in [-0.1, -0.05) is 42.5 Å². The number of para-hydroxylation sites is 1. The first-order valence-corrected chi connectivity index (χ1v) is 6.85. The van der Waals surface area contributed by atoms with E-state index in [0.29, 0.717) is 0 Å². The van der Waals surface area contributed by atoms with Crippen LogP contribution in [0.25, 0.3) is 0 Å². The number of hydrogen-bond donors (Lipinski definition) is 2. The number of benzene rings is 2. The third-order valence-electron chi connectivity index (χ3n) is 3.11. The highest BCUT2D eigenvalue weighted by atomic mass is 16.2. The lowest BCUT2D eigenvalue weighted by Crippen LogP contribution is -2.26. The van der Waals surface area contributed by atoms with Crippen LogP contribution in [0.5, 0.6) is 0 Å². The van der Waals surface area contributed by atoms with E-state index in [4.69, 9.17) is 0 Å². The number of rotatable bonds is 5. The van der Waals surface area contributed by atoms with Crippen molar-refractivity contribution in [3.05, 3.63) is 65.7 Å². The van der Waals surface area contributed by atoms with Crippen LogP contribution in [0.2, 0.25) is 0 Å². The van der Waals surface area contributed by atoms with E-state index >= 15 is 0 Å². The highest BCUT2D eigenvalue weighted by Gasteiger charge is 2.03. The van der Waals surface area contributed by atoms with Gasteiger partial charge in [-0.25, -0.2) is 5.43 Å². The summed E-state index contributed by atoms with van der Waals surface area (Å²) in [5.41, 5.74) is 6.44. The standard InChI is InChI=1S/C17H19N3O/c1-13-8-6-7-11-16(13)14(2)19-20-17(21)12-18-15-9-4-3-5-10-15/h3-11,18H,12H2,1-2H3,(H,20,21)/b19-14-. The Balaban J connectivity index is 1.88. The first-order chi connectivity index (χ1) is 10.2. The molecular weight excluding hydrogens is 262 g/mol. The lowest BCUT2D eigenvalue weighted by Gasteiger charge is -2.07. The van der Waals surface area contributed by atoms with E-state index in [1.165, 1.54) is 0 Å². The first kappa shape index (κ1) is 14.8. The summed E-state index contributed by atoms with van der Waals surface area (Å²) in [6.07, 6.45) is 0. The molecule has 0 atom stereocenters. The number of amides is 1. The molecule has 0 aromatic heterocycles. The summed E-state index contributed by atoms with van der Waals surface area (Å²) in [6, 6.07) is 17.5. The van der Waals surface area contributed by atoms with Gasteiger partial charge in [0.25, 0.3) is 5.91 Å². The molecule has 2 aromatic rings. The number of carbonyl (C=O) groups excluding carboxylic acids is 1. The molecule has 108 valence electrons. The Morgan fingerprint density at radius 1 is 1.05 bits per heavy atom. The van der Waals surface area contributed by atoms with Crippen molar-refractivity contribution in [2.24, 2.45) is 5.10 Å². The van der Waals surface area contributed by atoms with Gasteiger partial charge in [0.1, 0.15) is 0 Å². The molecule has 0 aliphatic carbocycles. The van der Waals surface area contributed by atoms with E-state index < -0.39 is 0 Å². The minimum absolute atomic E-state index is 0.174. The number of aryl methyl sites for hydroxylation is 1. The largest absolute Gasteiger partial charge is 0.376 e. The molecule has 0 unspecified atom stereocenters. The molecule has 0 aliphatic heterocycles. The summed E-state index contributed by atoms with van der Waals surface area (Å²) in [6.45, 7) is 4.09. The Bertz CT molecular complexity index is 635. The summed E-state index contributed by atoms with van der Waals surface area (Å²) in [7, 11) is 0. The van der Waals surface area contributed by atoms with Gasteiger partial charge in [-0.15, -0.1) is 0 Å². The average molecular weight is 281 g/mol. The van der Waals surface area contributed by atoms with Gasteiger partial charge in [-0.2, -0.15) is 5.10 Å². The fourth-order valence-corrected chi connectivity index (χ4v) is 1.96. The van der Waals surface area contributed by atoms with Crippen molar-refractivity contribution >= 4 is 17.3 Å². The topological polar surface area (TPSA) is 53.5 Å². The van der Waals surface area contributed by atoms with Gasteiger partial charge in [-0.3, -0.25) is 4.79 Å². The lowest BCUT2D eigenvalue weighted by molar-refractivity contribution is -0.119. The minimum Gasteiger partial charge on any atom is -0.376 e. The smallest absolute Gasteiger partial charge is 0.259 e. The predicted molar refractivity (Wildman–Crippen MR) is 86.5 cm³/mol. The number of carbonyl (C=O) groups is 1. The van der Waals surface area contributed by atoms with Crippen LogP contribution in [0.1, 0.15) is 18.1 Å². The van der Waals surface area contributed by atoms with Crippen molar-refractivity contribution < 1.29 is 4.79 Å². The van der Waals surface area contributed by atoms with E-state index in [1.807, 2.05) is 68.4 Å². The van der Waals surface area contributed by atoms with Gasteiger partial charge >= 0.3 is 0 Å². The van der Waals surface area contributed by atoms with Crippen LogP contribution in [0.4, 0.5) is 5.69 Å². The molecule has 0 radical (unpaired) electrons. The van der Waals surface area contributed by atoms with Gasteiger partial charge < -0.3 is 5.32 Å². The van der Waals surface area contributed by atoms with E-state index in [9.17, 15) is 4.79 Å². The summed E-state index contributed by atoms with van der Waals surface area (Å²) in [5, 5.41) is 7.18. The van der Waals surface area contributed by atoms with Crippen LogP contribution in [0, 0.1) is 6.92 Å². The molecule has 0 saturated carbocycles. The Morgan fingerprint density at radius 2 is 1.71 bits per heavy atom. The SMILES string of the molecule is C/C(=N/NC(=O)CNc1ccccc1)c1ccccc1C. The zero-order valence-corrected chi connectivity index (χ0v) is 12.3. The summed E-state index contributed by atoms with van der Waals surface area (Å²) in [5.74, 6) is -0.174. The number of nitrogens with one attached hydrogen (secondary N) is 2. The molecule has 4 heteroatoms. The Labute approximate surface area is 124 Å². The number of nitrogens with zero attached hydrogens (tertiary/aromatic N) is 1. The molecule has 1 amide bonds. The molecule has 4 nitrogen and oxygen atoms in total. The fraction of sp³-hybridized carbons (Fsp3) is 0.176. The zero-order chi connectivity index (χ0) is 15.1. The monoisotopic (exact) mass is 281 g/mol. The molecule has 2 N–H and O–H groups in total. The number of hydrogen-bond acceptors (Lipinski definition) is 3. The van der Waals surface area contributed by atoms with E-state index in [2.05, 4.69) is 15.8 Å². The van der Waals surface area contributed by atoms with Gasteiger partial charge in [0.05, 0.1) is 12.3 Å². The molecule has 0 heterocycles. The fourth-order valence-electron chi connectivity index (χ4n) is 1.96. The van der Waals surface area contributed by atoms with Gasteiger partial charge in [0.15, 0.2) is 0 Å². The number of hydrazone groups is 1. The highest BCUT2D eigenvalue weighted by molar-refractivity contribution is 6.00. The zero-order valence-electron chi connectivity index (χ0n) is 12.3. The second-order valence-corrected chi connectivity index (χ2v) is 4.77. The molecule has 0 spiro atoms. The van der Waals surface area contributed by atoms with Crippen molar-refractivity contribution in [1.29, 1.82) is 0 Å². The third kappa shape index (κ3) is 4.45. The van der Waals surface area contributed by atoms with Crippen molar-refractivity contribution in [2.75, 3.05) is 11.9 Å². The molecule has 21 heavy (non-hydrogen) atoms. The maximum absolute atomic E-state index is 11.8. The normalized spacial score (nSPS) is 11.0. The van der Waals surface area contributed by atoms with Crippen LogP contribution in [0.15, 0.2) is 59.7 Å². The van der Waals surface area contributed by atoms with Crippen LogP contribution < -0.4 is 10.7 Å². The van der Waals surface area contributed by atoms with E-state index in [0.717, 1.165) is 22.5 Å². The molecule has 0 aliphatic rings. The first-order valence-electron chi connectivity index (χ1n) is 6.85. The molecular formula is C17H19N3O. The Morgan fingerprint density at radius 3 is 2.43 bits per heavy atom. The Hall–Kier alpha value is -2.62. The predicted octanol–water partition coefficient (Wildman–Crippen LogP) is 2.95. The summed E-state index contributed by atoms with van der Waals surface area (Å²) in [4.78, 5) is 11.8. The van der Waals surface area contributed by atoms with Crippen molar-refractivity contribution in [3.8, 4) is 0 Å². The molecule has 0 bridgehead atoms. The second kappa shape index (κ2) is 7.24. The quantitative estimate of drug-likeness (QED) is 0.654. The maximum atomic E-state index is 11.8. The average Bonchev–Trinajstić information content (AvgIpc) is 2.52. The maximum Gasteiger partial charge on any atom is 0.259 e. The van der Waals surface area contributed by atoms with Crippen LogP contribution in [-0.2, 0) is 4.79 Å². The van der Waals surface area contributed by atoms with Crippen molar-refractivity contribution in [1.82, 2.24) is 5.43 Å². The van der Waals surface area contributed by atoms with Crippen LogP contribution >= 0.6 is 0 Å². The van der Waals surface area contributed by atoms with Crippen LogP contribution in [0.3, 0.4) is 0 Å². The molecule has 0 fully saturated rings. The van der Waals surface area contributed by atoms with Gasteiger partial charge in [-0.05, 0) is 31.5 Å². The molecule has 2 aromatic carbocycles. The van der Waals surface area contributed by atoms with E-state index in [-0.39, 0.29) is 12.5 Å². The summed E-state index contributed by atoms with van der Waals surface area (Å²) >= 11 is 0. The van der Waals surface area contributed by atoms with Gasteiger partial charge in [0.2, 0.25) is 0 Å². The van der Waals surface area contributed by atoms with Gasteiger partial charge in [0, 0.05) is 11.3 Å². The second-order valence-electron chi connectivity index (χ2n) is 4.77. The molecule has 2 rings (SSSR count). The Kier molecular flexibility index (Phi) is 5.10. The van der Waals surface area contributed by atoms with Crippen LogP contribution in [-0.4, -0.2) is 18.2 Å². The van der Waals surface area contributed by atoms with Crippen molar-refractivity contribution in [3.63, 3.8) is 0 Å². The highest BCUT2D eigenvalue weighted by Crippen LogP contribution is 2.08. The van der Waals surface area contributed by atoms with E-state index in [1.54, 1.807) is 0 Å².